The predicted molar refractivity (Wildman–Crippen MR) is 134 cm³/mol. The number of fused-ring (bicyclic) bond motifs is 2. The molecule has 0 radical (unpaired) electrons. The Kier molecular flexibility index (Phi) is 5.90. The van der Waals surface area contributed by atoms with Crippen molar-refractivity contribution in [3.8, 4) is 17.0 Å². The Morgan fingerprint density at radius 1 is 1.14 bits per heavy atom. The van der Waals surface area contributed by atoms with E-state index in [1.807, 2.05) is 38.1 Å². The van der Waals surface area contributed by atoms with Gasteiger partial charge in [0.15, 0.2) is 0 Å². The van der Waals surface area contributed by atoms with Gasteiger partial charge in [-0.3, -0.25) is 4.79 Å². The number of hydrogen-bond acceptors (Lipinski definition) is 7. The molecule has 5 rings (SSSR count). The molecule has 2 aromatic heterocycles. The number of rotatable bonds is 5. The van der Waals surface area contributed by atoms with Gasteiger partial charge in [-0.25, -0.2) is 19.3 Å². The highest BCUT2D eigenvalue weighted by molar-refractivity contribution is 5.87. The quantitative estimate of drug-likeness (QED) is 0.392. The van der Waals surface area contributed by atoms with Gasteiger partial charge in [-0.2, -0.15) is 0 Å². The number of likely N-dealkylation sites (N-methyl/N-ethyl adjacent to an activating group) is 1. The van der Waals surface area contributed by atoms with Crippen molar-refractivity contribution in [3.05, 3.63) is 65.7 Å². The fraction of sp³-hybridized carbons (Fsp3) is 0.231. The van der Waals surface area contributed by atoms with Crippen LogP contribution in [0.25, 0.3) is 22.0 Å². The number of pyridine rings is 1. The third-order valence-corrected chi connectivity index (χ3v) is 6.21. The van der Waals surface area contributed by atoms with Crippen molar-refractivity contribution in [3.63, 3.8) is 0 Å². The molecule has 178 valence electrons. The molecular weight excluding hydrogens is 447 g/mol. The smallest absolute Gasteiger partial charge is 0.237 e. The van der Waals surface area contributed by atoms with Crippen molar-refractivity contribution in [1.82, 2.24) is 20.3 Å². The van der Waals surface area contributed by atoms with Crippen LogP contribution in [0.5, 0.6) is 5.88 Å². The number of ether oxygens (including phenoxy) is 1. The van der Waals surface area contributed by atoms with E-state index in [-0.39, 0.29) is 17.6 Å². The number of hydrogen-bond donors (Lipinski definition) is 3. The molecule has 9 heteroatoms. The summed E-state index contributed by atoms with van der Waals surface area (Å²) in [6.45, 7) is 4.99. The average molecular weight is 473 g/mol. The average Bonchev–Trinajstić information content (AvgIpc) is 2.88. The van der Waals surface area contributed by atoms with Crippen molar-refractivity contribution < 1.29 is 13.9 Å². The maximum atomic E-state index is 15.1. The molecule has 35 heavy (non-hydrogen) atoms. The minimum atomic E-state index is -0.371. The Labute approximate surface area is 202 Å². The van der Waals surface area contributed by atoms with Gasteiger partial charge in [0, 0.05) is 48.2 Å². The largest absolute Gasteiger partial charge is 0.474 e. The van der Waals surface area contributed by atoms with Gasteiger partial charge in [0.05, 0.1) is 11.4 Å². The first-order chi connectivity index (χ1) is 16.9. The maximum absolute atomic E-state index is 15.1. The van der Waals surface area contributed by atoms with Gasteiger partial charge < -0.3 is 20.7 Å². The van der Waals surface area contributed by atoms with Gasteiger partial charge in [-0.1, -0.05) is 12.1 Å². The molecule has 0 aliphatic carbocycles. The van der Waals surface area contributed by atoms with Gasteiger partial charge in [-0.15, -0.1) is 0 Å². The molecule has 2 aromatic carbocycles. The first-order valence-corrected chi connectivity index (χ1v) is 11.4. The SMILES string of the molecule is CNC(=O)[C@@H](C)c1ccc(Nc2ncc3cc(F)c(-c4cnc5c(c4C)NCCO5)cc3n2)cc1. The molecule has 0 fully saturated rings. The Bertz CT molecular complexity index is 1420. The zero-order valence-corrected chi connectivity index (χ0v) is 19.6. The molecule has 0 unspecified atom stereocenters. The molecule has 1 aliphatic heterocycles. The van der Waals surface area contributed by atoms with Crippen molar-refractivity contribution in [2.75, 3.05) is 30.8 Å². The van der Waals surface area contributed by atoms with Gasteiger partial charge in [0.1, 0.15) is 18.1 Å². The lowest BCUT2D eigenvalue weighted by Crippen LogP contribution is -2.23. The van der Waals surface area contributed by atoms with Crippen LogP contribution in [0.4, 0.5) is 21.7 Å². The number of nitrogens with zero attached hydrogens (tertiary/aromatic N) is 3. The van der Waals surface area contributed by atoms with E-state index < -0.39 is 0 Å². The second-order valence-corrected chi connectivity index (χ2v) is 8.42. The molecule has 1 atom stereocenters. The molecule has 0 saturated carbocycles. The molecule has 1 amide bonds. The van der Waals surface area contributed by atoms with E-state index in [1.54, 1.807) is 25.5 Å². The van der Waals surface area contributed by atoms with E-state index in [4.69, 9.17) is 4.74 Å². The van der Waals surface area contributed by atoms with Crippen molar-refractivity contribution in [1.29, 1.82) is 0 Å². The van der Waals surface area contributed by atoms with Crippen LogP contribution in [0.15, 0.2) is 48.8 Å². The highest BCUT2D eigenvalue weighted by atomic mass is 19.1. The predicted octanol–water partition coefficient (Wildman–Crippen LogP) is 4.54. The van der Waals surface area contributed by atoms with Crippen LogP contribution in [0.3, 0.4) is 0 Å². The standard InChI is InChI=1S/C26H25FN6O2/c1-14(24(34)28-3)16-4-6-18(7-5-16)32-26-31-12-17-10-21(27)19(11-22(17)33-26)20-13-30-25-23(15(20)2)29-8-9-35-25/h4-7,10-14,29H,8-9H2,1-3H3,(H,28,34)(H,31,32,33)/t14-/m0/s1. The number of nitrogens with one attached hydrogen (secondary N) is 3. The first-order valence-electron chi connectivity index (χ1n) is 11.4. The van der Waals surface area contributed by atoms with Crippen LogP contribution in [0, 0.1) is 12.7 Å². The molecular formula is C26H25FN6O2. The number of halogens is 1. The topological polar surface area (TPSA) is 101 Å². The fourth-order valence-electron chi connectivity index (χ4n) is 4.16. The van der Waals surface area contributed by atoms with Crippen molar-refractivity contribution in [2.24, 2.45) is 0 Å². The van der Waals surface area contributed by atoms with E-state index >= 15 is 4.39 Å². The number of carbonyl (C=O) groups excluding carboxylic acids is 1. The van der Waals surface area contributed by atoms with Crippen LogP contribution in [-0.2, 0) is 4.79 Å². The monoisotopic (exact) mass is 472 g/mol. The number of carbonyl (C=O) groups is 1. The third-order valence-electron chi connectivity index (χ3n) is 6.21. The lowest BCUT2D eigenvalue weighted by Gasteiger charge is -2.21. The van der Waals surface area contributed by atoms with Crippen molar-refractivity contribution >= 4 is 34.1 Å². The summed E-state index contributed by atoms with van der Waals surface area (Å²) in [4.78, 5) is 25.2. The van der Waals surface area contributed by atoms with E-state index in [0.717, 1.165) is 22.5 Å². The van der Waals surface area contributed by atoms with Crippen LogP contribution in [0.2, 0.25) is 0 Å². The number of aromatic nitrogens is 3. The Hall–Kier alpha value is -4.27. The van der Waals surface area contributed by atoms with E-state index in [0.29, 0.717) is 47.0 Å². The molecule has 0 bridgehead atoms. The molecule has 3 heterocycles. The summed E-state index contributed by atoms with van der Waals surface area (Å²) in [5.74, 6) is 0.256. The zero-order chi connectivity index (χ0) is 24.5. The Balaban J connectivity index is 1.45. The summed E-state index contributed by atoms with van der Waals surface area (Å²) in [6, 6.07) is 10.7. The van der Waals surface area contributed by atoms with Crippen LogP contribution in [0.1, 0.15) is 24.0 Å². The van der Waals surface area contributed by atoms with Crippen LogP contribution < -0.4 is 20.7 Å². The minimum absolute atomic E-state index is 0.0423. The second-order valence-electron chi connectivity index (χ2n) is 8.42. The summed E-state index contributed by atoms with van der Waals surface area (Å²) in [6.07, 6.45) is 3.22. The summed E-state index contributed by atoms with van der Waals surface area (Å²) in [5.41, 5.74) is 5.03. The third kappa shape index (κ3) is 4.32. The van der Waals surface area contributed by atoms with Crippen molar-refractivity contribution in [2.45, 2.75) is 19.8 Å². The summed E-state index contributed by atoms with van der Waals surface area (Å²) < 4.78 is 20.7. The van der Waals surface area contributed by atoms with Crippen LogP contribution in [-0.4, -0.2) is 41.1 Å². The zero-order valence-electron chi connectivity index (χ0n) is 19.6. The Morgan fingerprint density at radius 3 is 2.71 bits per heavy atom. The minimum Gasteiger partial charge on any atom is -0.474 e. The normalized spacial score (nSPS) is 13.4. The summed E-state index contributed by atoms with van der Waals surface area (Å²) in [7, 11) is 1.62. The molecule has 4 aromatic rings. The number of amides is 1. The molecule has 0 saturated heterocycles. The fourth-order valence-corrected chi connectivity index (χ4v) is 4.16. The highest BCUT2D eigenvalue weighted by Crippen LogP contribution is 2.37. The molecule has 1 aliphatic rings. The Morgan fingerprint density at radius 2 is 1.94 bits per heavy atom. The van der Waals surface area contributed by atoms with Gasteiger partial charge in [-0.05, 0) is 49.2 Å². The van der Waals surface area contributed by atoms with E-state index in [9.17, 15) is 4.79 Å². The van der Waals surface area contributed by atoms with Crippen LogP contribution >= 0.6 is 0 Å². The first kappa shape index (κ1) is 22.5. The van der Waals surface area contributed by atoms with Gasteiger partial charge in [0.25, 0.3) is 0 Å². The lowest BCUT2D eigenvalue weighted by atomic mass is 9.99. The number of anilines is 3. The van der Waals surface area contributed by atoms with E-state index in [2.05, 4.69) is 30.9 Å². The van der Waals surface area contributed by atoms with Gasteiger partial charge >= 0.3 is 0 Å². The summed E-state index contributed by atoms with van der Waals surface area (Å²) >= 11 is 0. The van der Waals surface area contributed by atoms with E-state index in [1.165, 1.54) is 6.07 Å². The molecule has 8 nitrogen and oxygen atoms in total. The van der Waals surface area contributed by atoms with Gasteiger partial charge in [0.2, 0.25) is 17.7 Å². The number of benzene rings is 2. The molecule has 3 N–H and O–H groups in total. The highest BCUT2D eigenvalue weighted by Gasteiger charge is 2.19. The molecule has 0 spiro atoms. The summed E-state index contributed by atoms with van der Waals surface area (Å²) in [5, 5.41) is 9.72. The lowest BCUT2D eigenvalue weighted by molar-refractivity contribution is -0.121. The maximum Gasteiger partial charge on any atom is 0.237 e. The second kappa shape index (κ2) is 9.17.